The monoisotopic (exact) mass is 295 g/mol. The first-order valence-electron chi connectivity index (χ1n) is 4.16. The molecular weight excluding hydrogens is 285 g/mol. The van der Waals surface area contributed by atoms with Crippen molar-refractivity contribution in [1.82, 2.24) is 0 Å². The van der Waals surface area contributed by atoms with Gasteiger partial charge in [0.1, 0.15) is 5.75 Å². The average molecular weight is 295 g/mol. The van der Waals surface area contributed by atoms with E-state index in [-0.39, 0.29) is 19.2 Å². The summed E-state index contributed by atoms with van der Waals surface area (Å²) < 4.78 is 15.1. The molecule has 0 N–H and O–H groups in total. The summed E-state index contributed by atoms with van der Waals surface area (Å²) in [4.78, 5) is 9.92. The summed E-state index contributed by atoms with van der Waals surface area (Å²) in [7, 11) is 2.77. The summed E-state index contributed by atoms with van der Waals surface area (Å²) in [6, 6.07) is 5.52. The topological polar surface area (TPSA) is 70.8 Å². The van der Waals surface area contributed by atoms with E-state index in [9.17, 15) is 10.1 Å². The first-order valence-corrected chi connectivity index (χ1v) is 6.72. The molecule has 0 aliphatic heterocycles. The quantitative estimate of drug-likeness (QED) is 0.472. The van der Waals surface area contributed by atoms with Crippen LogP contribution in [0.4, 0.5) is 5.69 Å². The van der Waals surface area contributed by atoms with Crippen LogP contribution in [-0.4, -0.2) is 19.1 Å². The van der Waals surface area contributed by atoms with Crippen molar-refractivity contribution in [2.75, 3.05) is 14.2 Å². The first-order chi connectivity index (χ1) is 7.50. The van der Waals surface area contributed by atoms with Crippen LogP contribution in [0.15, 0.2) is 24.3 Å². The summed E-state index contributed by atoms with van der Waals surface area (Å²) in [5.74, 6) is 0.373. The van der Waals surface area contributed by atoms with E-state index in [0.717, 1.165) is 0 Å². The second-order valence-electron chi connectivity index (χ2n) is 2.65. The van der Waals surface area contributed by atoms with Gasteiger partial charge < -0.3 is 13.6 Å². The van der Waals surface area contributed by atoms with Gasteiger partial charge in [-0.1, -0.05) is 0 Å². The van der Waals surface area contributed by atoms with Gasteiger partial charge in [-0.2, -0.15) is 0 Å². The highest BCUT2D eigenvalue weighted by Crippen LogP contribution is 2.48. The second kappa shape index (κ2) is 6.93. The van der Waals surface area contributed by atoms with Crippen molar-refractivity contribution in [3.05, 3.63) is 34.4 Å². The Morgan fingerprint density at radius 3 is 2.06 bits per heavy atom. The second-order valence-corrected chi connectivity index (χ2v) is 5.80. The maximum absolute atomic E-state index is 10.4. The first kappa shape index (κ1) is 16.3. The Hall–Kier alpha value is -0.660. The van der Waals surface area contributed by atoms with Crippen LogP contribution in [0.3, 0.4) is 0 Å². The fourth-order valence-electron chi connectivity index (χ4n) is 0.907. The molecule has 94 valence electrons. The van der Waals surface area contributed by atoms with Crippen molar-refractivity contribution in [3.8, 4) is 5.75 Å². The number of hydrogen-bond donors (Lipinski definition) is 0. The van der Waals surface area contributed by atoms with Gasteiger partial charge >= 0.3 is 6.72 Å². The number of nitrogens with zero attached hydrogens (tertiary/aromatic N) is 1. The van der Waals surface area contributed by atoms with Crippen LogP contribution in [0.1, 0.15) is 0 Å². The molecule has 0 saturated heterocycles. The summed E-state index contributed by atoms with van der Waals surface area (Å²) in [5, 5.41) is 10.4. The summed E-state index contributed by atoms with van der Waals surface area (Å²) in [6.45, 7) is -2.78. The molecule has 2 radical (unpaired) electrons. The van der Waals surface area contributed by atoms with Crippen molar-refractivity contribution >= 4 is 37.7 Å². The molecular formula is C8H10NO5PS2. The van der Waals surface area contributed by atoms with Crippen LogP contribution in [0.2, 0.25) is 0 Å². The minimum absolute atomic E-state index is 0. The number of nitro benzene ring substituents is 1. The molecule has 0 aromatic heterocycles. The Kier molecular flexibility index (Phi) is 6.66. The lowest BCUT2D eigenvalue weighted by Crippen LogP contribution is -1.97. The van der Waals surface area contributed by atoms with Gasteiger partial charge in [-0.25, -0.2) is 0 Å². The summed E-state index contributed by atoms with van der Waals surface area (Å²) in [5.41, 5.74) is -0.0181. The zero-order valence-electron chi connectivity index (χ0n) is 9.06. The van der Waals surface area contributed by atoms with E-state index in [1.54, 1.807) is 0 Å². The molecule has 1 aromatic carbocycles. The lowest BCUT2D eigenvalue weighted by atomic mass is 10.3. The molecule has 0 heterocycles. The zero-order chi connectivity index (χ0) is 12.2. The molecule has 17 heavy (non-hydrogen) atoms. The third-order valence-corrected chi connectivity index (χ3v) is 4.16. The van der Waals surface area contributed by atoms with Crippen LogP contribution >= 0.6 is 20.2 Å². The molecule has 0 bridgehead atoms. The van der Waals surface area contributed by atoms with E-state index in [1.165, 1.54) is 38.5 Å². The smallest absolute Gasteiger partial charge is 0.380 e. The molecule has 0 amide bonds. The maximum Gasteiger partial charge on any atom is 0.380 e. The number of nitro groups is 1. The third kappa shape index (κ3) is 4.61. The minimum atomic E-state index is -2.78. The molecule has 0 spiro atoms. The molecule has 9 heteroatoms. The van der Waals surface area contributed by atoms with Crippen LogP contribution in [0, 0.1) is 10.1 Å². The SMILES string of the molecule is COP(=S)(OC)Oc1ccc([N+](=O)[O-])cc1.[S]. The van der Waals surface area contributed by atoms with Gasteiger partial charge in [0.25, 0.3) is 5.69 Å². The molecule has 1 rings (SSSR count). The van der Waals surface area contributed by atoms with E-state index in [1.807, 2.05) is 0 Å². The van der Waals surface area contributed by atoms with Crippen molar-refractivity contribution < 1.29 is 18.5 Å². The van der Waals surface area contributed by atoms with Crippen molar-refractivity contribution in [2.45, 2.75) is 0 Å². The molecule has 6 nitrogen and oxygen atoms in total. The Bertz CT molecular complexity index is 416. The third-order valence-electron chi connectivity index (χ3n) is 1.71. The normalized spacial score (nSPS) is 10.5. The molecule has 0 saturated carbocycles. The van der Waals surface area contributed by atoms with E-state index in [2.05, 4.69) is 0 Å². The average Bonchev–Trinajstić information content (AvgIpc) is 2.29. The van der Waals surface area contributed by atoms with Crippen molar-refractivity contribution in [3.63, 3.8) is 0 Å². The molecule has 0 fully saturated rings. The van der Waals surface area contributed by atoms with Crippen molar-refractivity contribution in [2.24, 2.45) is 0 Å². The lowest BCUT2D eigenvalue weighted by Gasteiger charge is -2.17. The van der Waals surface area contributed by atoms with Crippen molar-refractivity contribution in [1.29, 1.82) is 0 Å². The number of non-ortho nitro benzene ring substituents is 1. The molecule has 1 aromatic rings. The maximum atomic E-state index is 10.4. The molecule has 0 aliphatic rings. The minimum Gasteiger partial charge on any atom is -0.424 e. The lowest BCUT2D eigenvalue weighted by molar-refractivity contribution is -0.384. The van der Waals surface area contributed by atoms with E-state index in [0.29, 0.717) is 5.75 Å². The number of rotatable bonds is 5. The molecule has 0 atom stereocenters. The predicted octanol–water partition coefficient (Wildman–Crippen LogP) is 3.14. The summed E-state index contributed by atoms with van der Waals surface area (Å²) in [6.07, 6.45) is 0. The van der Waals surface area contributed by atoms with E-state index >= 15 is 0 Å². The van der Waals surface area contributed by atoms with Gasteiger partial charge in [0.15, 0.2) is 0 Å². The standard InChI is InChI=1S/C8H10NO5PS.S/c1-12-15(16,13-2)14-8-5-3-7(4-6-8)9(10)11;/h3-6H,1-2H3;. The van der Waals surface area contributed by atoms with Gasteiger partial charge in [0.05, 0.1) is 4.92 Å². The van der Waals surface area contributed by atoms with Crippen LogP contribution in [0.25, 0.3) is 0 Å². The fraction of sp³-hybridized carbons (Fsp3) is 0.250. The van der Waals surface area contributed by atoms with Crippen LogP contribution < -0.4 is 4.52 Å². The van der Waals surface area contributed by atoms with E-state index in [4.69, 9.17) is 25.4 Å². The highest BCUT2D eigenvalue weighted by atomic mass is 32.5. The predicted molar refractivity (Wildman–Crippen MR) is 69.6 cm³/mol. The van der Waals surface area contributed by atoms with E-state index < -0.39 is 11.6 Å². The summed E-state index contributed by atoms with van der Waals surface area (Å²) >= 11 is 4.98. The Morgan fingerprint density at radius 2 is 1.71 bits per heavy atom. The Morgan fingerprint density at radius 1 is 1.24 bits per heavy atom. The number of hydrogen-bond acceptors (Lipinski definition) is 6. The fourth-order valence-corrected chi connectivity index (χ4v) is 1.84. The van der Waals surface area contributed by atoms with Gasteiger partial charge in [0.2, 0.25) is 0 Å². The van der Waals surface area contributed by atoms with Gasteiger partial charge in [0, 0.05) is 51.7 Å². The van der Waals surface area contributed by atoms with Gasteiger partial charge in [-0.15, -0.1) is 0 Å². The number of benzene rings is 1. The van der Waals surface area contributed by atoms with Crippen LogP contribution in [-0.2, 0) is 20.9 Å². The Balaban J connectivity index is 0.00000256. The van der Waals surface area contributed by atoms with Crippen LogP contribution in [0.5, 0.6) is 5.75 Å². The van der Waals surface area contributed by atoms with Gasteiger partial charge in [-0.3, -0.25) is 10.1 Å². The molecule has 0 unspecified atom stereocenters. The Labute approximate surface area is 111 Å². The largest absolute Gasteiger partial charge is 0.424 e. The zero-order valence-corrected chi connectivity index (χ0v) is 11.6. The highest BCUT2D eigenvalue weighted by molar-refractivity contribution is 8.07. The van der Waals surface area contributed by atoms with Gasteiger partial charge in [-0.05, 0) is 12.1 Å². The highest BCUT2D eigenvalue weighted by Gasteiger charge is 2.18. The molecule has 0 aliphatic carbocycles.